The standard InChI is InChI=1S/C37H40F3N5O4/c1-36(2,3)49-35(47)45-19-23-9-10-24(45)18-44(23)33-28-15-29(39)30(27-14-25(46)13-21-7-4-5-8-26(21)27)31(40)32(28)41-34(42-33)48-20-37-11-6-12-43(37)17-22(38)16-37/h4-5,7-8,13-15,22-24,46H,6,9-12,16-20H2,1-3H3/t22-,23-,24-,37+/m1/s1. The van der Waals surface area contributed by atoms with E-state index in [0.717, 1.165) is 32.2 Å². The molecular formula is C37H40F3N5O4. The summed E-state index contributed by atoms with van der Waals surface area (Å²) < 4.78 is 59.7. The van der Waals surface area contributed by atoms with E-state index >= 15 is 8.78 Å². The van der Waals surface area contributed by atoms with Crippen LogP contribution in [-0.2, 0) is 4.74 Å². The van der Waals surface area contributed by atoms with Crippen molar-refractivity contribution < 1.29 is 32.5 Å². The minimum Gasteiger partial charge on any atom is -0.508 e. The number of ether oxygens (including phenoxy) is 2. The first kappa shape index (κ1) is 31.9. The van der Waals surface area contributed by atoms with Crippen molar-refractivity contribution in [2.75, 3.05) is 37.7 Å². The Kier molecular flexibility index (Phi) is 7.58. The Morgan fingerprint density at radius 2 is 1.84 bits per heavy atom. The van der Waals surface area contributed by atoms with Gasteiger partial charge in [-0.2, -0.15) is 9.97 Å². The fraction of sp³-hybridized carbons (Fsp3) is 0.486. The van der Waals surface area contributed by atoms with Gasteiger partial charge in [-0.1, -0.05) is 24.3 Å². The van der Waals surface area contributed by atoms with Crippen LogP contribution in [0, 0.1) is 11.6 Å². The zero-order valence-electron chi connectivity index (χ0n) is 27.9. The number of phenols is 1. The van der Waals surface area contributed by atoms with E-state index in [4.69, 9.17) is 14.5 Å². The molecule has 0 spiro atoms. The first-order chi connectivity index (χ1) is 23.4. The van der Waals surface area contributed by atoms with Crippen LogP contribution in [0.4, 0.5) is 23.8 Å². The molecule has 4 aromatic rings. The lowest BCUT2D eigenvalue weighted by molar-refractivity contribution is 0.000791. The van der Waals surface area contributed by atoms with Gasteiger partial charge in [0, 0.05) is 37.5 Å². The quantitative estimate of drug-likeness (QED) is 0.243. The van der Waals surface area contributed by atoms with Crippen molar-refractivity contribution in [1.82, 2.24) is 19.8 Å². The summed E-state index contributed by atoms with van der Waals surface area (Å²) in [5.41, 5.74) is -1.37. The molecule has 5 fully saturated rings. The average molecular weight is 676 g/mol. The van der Waals surface area contributed by atoms with Crippen molar-refractivity contribution in [3.8, 4) is 22.9 Å². The normalized spacial score (nSPS) is 25.4. The largest absolute Gasteiger partial charge is 0.508 e. The maximum Gasteiger partial charge on any atom is 0.410 e. The van der Waals surface area contributed by atoms with Gasteiger partial charge in [0.2, 0.25) is 0 Å². The third kappa shape index (κ3) is 5.57. The van der Waals surface area contributed by atoms with Gasteiger partial charge in [0.05, 0.1) is 17.1 Å². The number of piperazine rings is 1. The lowest BCUT2D eigenvalue weighted by Gasteiger charge is -2.51. The van der Waals surface area contributed by atoms with Crippen LogP contribution in [0.25, 0.3) is 32.8 Å². The molecule has 49 heavy (non-hydrogen) atoms. The lowest BCUT2D eigenvalue weighted by atomic mass is 9.90. The summed E-state index contributed by atoms with van der Waals surface area (Å²) in [7, 11) is 0. The Hall–Kier alpha value is -4.32. The van der Waals surface area contributed by atoms with Crippen LogP contribution in [-0.4, -0.2) is 93.1 Å². The van der Waals surface area contributed by atoms with Crippen molar-refractivity contribution in [2.45, 2.75) is 82.3 Å². The molecule has 1 N–H and O–H groups in total. The number of aromatic nitrogens is 2. The number of fused-ring (bicyclic) bond motifs is 6. The summed E-state index contributed by atoms with van der Waals surface area (Å²) >= 11 is 0. The molecule has 5 aliphatic heterocycles. The van der Waals surface area contributed by atoms with Gasteiger partial charge < -0.3 is 24.4 Å². The fourth-order valence-electron chi connectivity index (χ4n) is 8.47. The summed E-state index contributed by atoms with van der Waals surface area (Å²) in [5.74, 6) is -1.53. The van der Waals surface area contributed by atoms with Gasteiger partial charge in [0.15, 0.2) is 5.82 Å². The zero-order chi connectivity index (χ0) is 34.2. The van der Waals surface area contributed by atoms with Gasteiger partial charge in [-0.25, -0.2) is 18.0 Å². The first-order valence-corrected chi connectivity index (χ1v) is 17.1. The van der Waals surface area contributed by atoms with Gasteiger partial charge >= 0.3 is 12.1 Å². The SMILES string of the molecule is CC(C)(C)OC(=O)N1C[C@H]2CC[C@@H]1CN2c1nc(OC[C@@]23CCCN2C[C@H](F)C3)nc2c(F)c(-c3cc(O)cc4ccccc34)c(F)cc12. The molecule has 0 radical (unpaired) electrons. The highest BCUT2D eigenvalue weighted by Gasteiger charge is 2.50. The van der Waals surface area contributed by atoms with E-state index in [2.05, 4.69) is 9.88 Å². The Balaban J connectivity index is 1.23. The number of nitrogens with zero attached hydrogens (tertiary/aromatic N) is 5. The van der Waals surface area contributed by atoms with E-state index in [1.54, 1.807) is 35.2 Å². The molecule has 258 valence electrons. The maximum atomic E-state index is 16.9. The van der Waals surface area contributed by atoms with Crippen LogP contribution in [0.2, 0.25) is 0 Å². The van der Waals surface area contributed by atoms with Gasteiger partial charge in [-0.3, -0.25) is 4.90 Å². The van der Waals surface area contributed by atoms with E-state index in [9.17, 15) is 14.3 Å². The molecule has 6 heterocycles. The van der Waals surface area contributed by atoms with Crippen molar-refractivity contribution in [3.63, 3.8) is 0 Å². The first-order valence-electron chi connectivity index (χ1n) is 17.1. The minimum atomic E-state index is -0.950. The minimum absolute atomic E-state index is 0.0753. The number of phenolic OH excluding ortho intramolecular Hbond substituents is 1. The Labute approximate surface area is 282 Å². The highest BCUT2D eigenvalue weighted by molar-refractivity contribution is 6.01. The summed E-state index contributed by atoms with van der Waals surface area (Å²) in [6.07, 6.45) is 2.22. The number of alkyl halides is 1. The summed E-state index contributed by atoms with van der Waals surface area (Å²) in [4.78, 5) is 28.3. The number of amides is 1. The number of halogens is 3. The summed E-state index contributed by atoms with van der Waals surface area (Å²) in [6.45, 7) is 7.52. The predicted molar refractivity (Wildman–Crippen MR) is 180 cm³/mol. The second-order valence-electron chi connectivity index (χ2n) is 15.0. The summed E-state index contributed by atoms with van der Waals surface area (Å²) in [5, 5.41) is 11.9. The Morgan fingerprint density at radius 3 is 2.61 bits per heavy atom. The zero-order valence-corrected chi connectivity index (χ0v) is 27.9. The predicted octanol–water partition coefficient (Wildman–Crippen LogP) is 6.98. The van der Waals surface area contributed by atoms with Crippen LogP contribution in [0.5, 0.6) is 11.8 Å². The average Bonchev–Trinajstić information content (AvgIpc) is 3.58. The monoisotopic (exact) mass is 675 g/mol. The van der Waals surface area contributed by atoms with Crippen LogP contribution in [0.3, 0.4) is 0 Å². The lowest BCUT2D eigenvalue weighted by Crippen LogP contribution is -2.64. The Bertz CT molecular complexity index is 1970. The van der Waals surface area contributed by atoms with Gasteiger partial charge in [-0.15, -0.1) is 0 Å². The number of rotatable bonds is 5. The van der Waals surface area contributed by atoms with E-state index < -0.39 is 28.9 Å². The van der Waals surface area contributed by atoms with Crippen LogP contribution >= 0.6 is 0 Å². The van der Waals surface area contributed by atoms with E-state index in [1.165, 1.54) is 12.1 Å². The molecule has 4 atom stereocenters. The number of anilines is 1. The topological polar surface area (TPSA) is 91.3 Å². The number of carbonyl (C=O) groups is 1. The second kappa shape index (κ2) is 11.6. The molecule has 2 bridgehead atoms. The van der Waals surface area contributed by atoms with Crippen molar-refractivity contribution in [1.29, 1.82) is 0 Å². The number of hydrogen-bond donors (Lipinski definition) is 1. The molecule has 12 heteroatoms. The number of aromatic hydroxyl groups is 1. The molecule has 3 aromatic carbocycles. The second-order valence-corrected chi connectivity index (χ2v) is 15.0. The maximum absolute atomic E-state index is 16.9. The van der Waals surface area contributed by atoms with Gasteiger partial charge in [0.1, 0.15) is 41.3 Å². The molecule has 0 aliphatic carbocycles. The highest BCUT2D eigenvalue weighted by atomic mass is 19.1. The number of hydrogen-bond acceptors (Lipinski definition) is 8. The van der Waals surface area contributed by atoms with Crippen LogP contribution in [0.1, 0.15) is 52.9 Å². The van der Waals surface area contributed by atoms with Crippen LogP contribution in [0.15, 0.2) is 42.5 Å². The van der Waals surface area contributed by atoms with Crippen molar-refractivity contribution >= 4 is 33.6 Å². The molecule has 0 unspecified atom stereocenters. The van der Waals surface area contributed by atoms with Crippen LogP contribution < -0.4 is 9.64 Å². The van der Waals surface area contributed by atoms with E-state index in [1.807, 2.05) is 25.7 Å². The smallest absolute Gasteiger partial charge is 0.410 e. The molecule has 0 saturated carbocycles. The number of piperidine rings is 2. The fourth-order valence-corrected chi connectivity index (χ4v) is 8.47. The molecule has 1 amide bonds. The third-order valence-corrected chi connectivity index (χ3v) is 10.6. The molecule has 5 saturated heterocycles. The van der Waals surface area contributed by atoms with Crippen molar-refractivity contribution in [2.24, 2.45) is 0 Å². The third-order valence-electron chi connectivity index (χ3n) is 10.6. The molecule has 9 nitrogen and oxygen atoms in total. The highest BCUT2D eigenvalue weighted by Crippen LogP contribution is 2.43. The number of carbonyl (C=O) groups excluding carboxylic acids is 1. The van der Waals surface area contributed by atoms with E-state index in [0.29, 0.717) is 42.6 Å². The Morgan fingerprint density at radius 1 is 1.04 bits per heavy atom. The van der Waals surface area contributed by atoms with Gasteiger partial charge in [-0.05, 0) is 87.5 Å². The molecule has 9 rings (SSSR count). The number of benzene rings is 3. The van der Waals surface area contributed by atoms with E-state index in [-0.39, 0.29) is 58.6 Å². The van der Waals surface area contributed by atoms with Gasteiger partial charge in [0.25, 0.3) is 0 Å². The molecule has 1 aromatic heterocycles. The molecule has 5 aliphatic rings. The molecular weight excluding hydrogens is 635 g/mol. The summed E-state index contributed by atoms with van der Waals surface area (Å²) in [6, 6.07) is 10.8. The van der Waals surface area contributed by atoms with Crippen molar-refractivity contribution in [3.05, 3.63) is 54.1 Å².